The summed E-state index contributed by atoms with van der Waals surface area (Å²) in [5.74, 6) is 0.524. The van der Waals surface area contributed by atoms with Crippen molar-refractivity contribution in [2.75, 3.05) is 13.1 Å². The van der Waals surface area contributed by atoms with Gasteiger partial charge in [0.05, 0.1) is 5.25 Å². The number of rotatable bonds is 7. The smallest absolute Gasteiger partial charge is 0.215 e. The van der Waals surface area contributed by atoms with E-state index in [0.717, 1.165) is 19.4 Å². The van der Waals surface area contributed by atoms with Crippen molar-refractivity contribution in [3.8, 4) is 0 Å². The van der Waals surface area contributed by atoms with Gasteiger partial charge in [-0.1, -0.05) is 19.8 Å². The summed E-state index contributed by atoms with van der Waals surface area (Å²) in [7, 11) is -3.18. The largest absolute Gasteiger partial charge is 0.316 e. The van der Waals surface area contributed by atoms with Crippen LogP contribution in [0.15, 0.2) is 0 Å². The fraction of sp³-hybridized carbons (Fsp3) is 1.00. The average molecular weight is 262 g/mol. The van der Waals surface area contributed by atoms with Crippen molar-refractivity contribution in [1.29, 1.82) is 0 Å². The van der Waals surface area contributed by atoms with Crippen molar-refractivity contribution in [3.63, 3.8) is 0 Å². The molecule has 0 amide bonds. The fourth-order valence-electron chi connectivity index (χ4n) is 2.39. The molecule has 5 heteroatoms. The van der Waals surface area contributed by atoms with E-state index < -0.39 is 10.0 Å². The minimum Gasteiger partial charge on any atom is -0.316 e. The first-order valence-electron chi connectivity index (χ1n) is 6.69. The minimum absolute atomic E-state index is 0.0755. The van der Waals surface area contributed by atoms with Gasteiger partial charge in [0.1, 0.15) is 0 Å². The number of nitrogens with one attached hydrogen (secondary N) is 2. The van der Waals surface area contributed by atoms with Gasteiger partial charge in [-0.3, -0.25) is 0 Å². The van der Waals surface area contributed by atoms with E-state index in [1.807, 2.05) is 13.8 Å². The third-order valence-electron chi connectivity index (χ3n) is 3.67. The summed E-state index contributed by atoms with van der Waals surface area (Å²) in [5, 5.41) is 2.71. The Kier molecular flexibility index (Phi) is 5.89. The molecule has 0 heterocycles. The molecule has 0 aliphatic heterocycles. The molecule has 0 bridgehead atoms. The summed E-state index contributed by atoms with van der Waals surface area (Å²) < 4.78 is 26.9. The Morgan fingerprint density at radius 1 is 1.24 bits per heavy atom. The first kappa shape index (κ1) is 14.9. The molecule has 17 heavy (non-hydrogen) atoms. The molecule has 0 spiro atoms. The van der Waals surface area contributed by atoms with Gasteiger partial charge in [0.2, 0.25) is 10.0 Å². The lowest BCUT2D eigenvalue weighted by Crippen LogP contribution is -2.44. The Labute approximate surface area is 106 Å². The van der Waals surface area contributed by atoms with Crippen LogP contribution in [0.1, 0.15) is 46.5 Å². The minimum atomic E-state index is -3.18. The van der Waals surface area contributed by atoms with Gasteiger partial charge in [0.15, 0.2) is 0 Å². The van der Waals surface area contributed by atoms with E-state index in [1.165, 1.54) is 12.8 Å². The van der Waals surface area contributed by atoms with Crippen molar-refractivity contribution in [2.24, 2.45) is 5.92 Å². The monoisotopic (exact) mass is 262 g/mol. The van der Waals surface area contributed by atoms with Crippen LogP contribution >= 0.6 is 0 Å². The van der Waals surface area contributed by atoms with Crippen molar-refractivity contribution < 1.29 is 8.42 Å². The Bertz CT molecular complexity index is 310. The molecule has 1 rings (SSSR count). The van der Waals surface area contributed by atoms with E-state index in [-0.39, 0.29) is 11.3 Å². The van der Waals surface area contributed by atoms with E-state index >= 15 is 0 Å². The summed E-state index contributed by atoms with van der Waals surface area (Å²) in [6.07, 6.45) is 4.80. The molecule has 1 aliphatic rings. The quantitative estimate of drug-likeness (QED) is 0.731. The van der Waals surface area contributed by atoms with Crippen molar-refractivity contribution in [3.05, 3.63) is 0 Å². The van der Waals surface area contributed by atoms with Crippen LogP contribution in [0.2, 0.25) is 0 Å². The lowest BCUT2D eigenvalue weighted by Gasteiger charge is -2.23. The van der Waals surface area contributed by atoms with Gasteiger partial charge >= 0.3 is 0 Å². The van der Waals surface area contributed by atoms with Crippen LogP contribution in [-0.4, -0.2) is 32.8 Å². The summed E-state index contributed by atoms with van der Waals surface area (Å²) in [6.45, 7) is 7.05. The molecule has 2 unspecified atom stereocenters. The second kappa shape index (κ2) is 6.71. The standard InChI is InChI=1S/C12H26N2O2S/c1-4-13-9-10(2)17(15,16)14-11(3)12-7-5-6-8-12/h10-14H,4-9H2,1-3H3. The van der Waals surface area contributed by atoms with Crippen LogP contribution in [0.3, 0.4) is 0 Å². The molecule has 0 aromatic carbocycles. The molecule has 0 radical (unpaired) electrons. The summed E-state index contributed by atoms with van der Waals surface area (Å²) >= 11 is 0. The zero-order valence-corrected chi connectivity index (χ0v) is 12.0. The maximum absolute atomic E-state index is 12.1. The van der Waals surface area contributed by atoms with Gasteiger partial charge in [-0.05, 0) is 39.2 Å². The highest BCUT2D eigenvalue weighted by Gasteiger charge is 2.28. The zero-order chi connectivity index (χ0) is 12.9. The first-order chi connectivity index (χ1) is 7.97. The summed E-state index contributed by atoms with van der Waals surface area (Å²) in [6, 6.07) is 0.0755. The third-order valence-corrected chi connectivity index (χ3v) is 5.60. The second-order valence-electron chi connectivity index (χ2n) is 5.11. The number of hydrogen-bond donors (Lipinski definition) is 2. The lowest BCUT2D eigenvalue weighted by atomic mass is 10.0. The van der Waals surface area contributed by atoms with Gasteiger partial charge in [0, 0.05) is 12.6 Å². The fourth-order valence-corrected chi connectivity index (χ4v) is 3.67. The lowest BCUT2D eigenvalue weighted by molar-refractivity contribution is 0.421. The van der Waals surface area contributed by atoms with E-state index in [0.29, 0.717) is 12.5 Å². The second-order valence-corrected chi connectivity index (χ2v) is 7.24. The van der Waals surface area contributed by atoms with Gasteiger partial charge in [0.25, 0.3) is 0 Å². The highest BCUT2D eigenvalue weighted by molar-refractivity contribution is 7.90. The van der Waals surface area contributed by atoms with Crippen molar-refractivity contribution >= 4 is 10.0 Å². The Morgan fingerprint density at radius 2 is 1.82 bits per heavy atom. The molecule has 1 fully saturated rings. The van der Waals surface area contributed by atoms with Crippen LogP contribution < -0.4 is 10.0 Å². The Morgan fingerprint density at radius 3 is 2.35 bits per heavy atom. The zero-order valence-electron chi connectivity index (χ0n) is 11.2. The average Bonchev–Trinajstić information content (AvgIpc) is 2.78. The highest BCUT2D eigenvalue weighted by Crippen LogP contribution is 2.27. The Hall–Kier alpha value is -0.130. The highest BCUT2D eigenvalue weighted by atomic mass is 32.2. The summed E-state index contributed by atoms with van der Waals surface area (Å²) in [5.41, 5.74) is 0. The first-order valence-corrected chi connectivity index (χ1v) is 8.24. The van der Waals surface area contributed by atoms with E-state index in [4.69, 9.17) is 0 Å². The predicted octanol–water partition coefficient (Wildman–Crippen LogP) is 1.48. The van der Waals surface area contributed by atoms with Gasteiger partial charge in [-0.25, -0.2) is 13.1 Å². The topological polar surface area (TPSA) is 58.2 Å². The van der Waals surface area contributed by atoms with Crippen molar-refractivity contribution in [1.82, 2.24) is 10.0 Å². The van der Waals surface area contributed by atoms with Gasteiger partial charge in [-0.2, -0.15) is 0 Å². The number of sulfonamides is 1. The molecule has 2 N–H and O–H groups in total. The molecule has 1 aliphatic carbocycles. The molecule has 2 atom stereocenters. The van der Waals surface area contributed by atoms with Crippen LogP contribution in [0, 0.1) is 5.92 Å². The molecule has 0 saturated heterocycles. The van der Waals surface area contributed by atoms with Gasteiger partial charge < -0.3 is 5.32 Å². The molecule has 4 nitrogen and oxygen atoms in total. The predicted molar refractivity (Wildman–Crippen MR) is 71.5 cm³/mol. The third kappa shape index (κ3) is 4.56. The van der Waals surface area contributed by atoms with Crippen LogP contribution in [0.25, 0.3) is 0 Å². The molecule has 1 saturated carbocycles. The molecule has 0 aromatic heterocycles. The molecular formula is C12H26N2O2S. The van der Waals surface area contributed by atoms with Crippen LogP contribution in [-0.2, 0) is 10.0 Å². The summed E-state index contributed by atoms with van der Waals surface area (Å²) in [4.78, 5) is 0. The maximum atomic E-state index is 12.1. The normalized spacial score (nSPS) is 21.6. The van der Waals surface area contributed by atoms with E-state index in [9.17, 15) is 8.42 Å². The van der Waals surface area contributed by atoms with E-state index in [2.05, 4.69) is 10.0 Å². The molecule has 0 aromatic rings. The van der Waals surface area contributed by atoms with Crippen LogP contribution in [0.5, 0.6) is 0 Å². The maximum Gasteiger partial charge on any atom is 0.215 e. The number of hydrogen-bond acceptors (Lipinski definition) is 3. The Balaban J connectivity index is 2.46. The SMILES string of the molecule is CCNCC(C)S(=O)(=O)NC(C)C1CCCC1. The van der Waals surface area contributed by atoms with Gasteiger partial charge in [-0.15, -0.1) is 0 Å². The van der Waals surface area contributed by atoms with Crippen molar-refractivity contribution in [2.45, 2.75) is 57.7 Å². The molecular weight excluding hydrogens is 236 g/mol. The van der Waals surface area contributed by atoms with E-state index in [1.54, 1.807) is 6.92 Å². The van der Waals surface area contributed by atoms with Crippen LogP contribution in [0.4, 0.5) is 0 Å². The molecule has 102 valence electrons.